The highest BCUT2D eigenvalue weighted by molar-refractivity contribution is 6.31. The second-order valence-corrected chi connectivity index (χ2v) is 5.77. The van der Waals surface area contributed by atoms with E-state index in [1.54, 1.807) is 48.5 Å². The molecule has 0 atom stereocenters. The summed E-state index contributed by atoms with van der Waals surface area (Å²) in [6, 6.07) is 22.5. The van der Waals surface area contributed by atoms with Crippen molar-refractivity contribution in [2.24, 2.45) is 5.16 Å². The molecule has 0 bridgehead atoms. The summed E-state index contributed by atoms with van der Waals surface area (Å²) in [6.45, 7) is 0. The third-order valence-electron chi connectivity index (χ3n) is 3.50. The molecule has 0 radical (unpaired) electrons. The van der Waals surface area contributed by atoms with Crippen LogP contribution in [0.3, 0.4) is 0 Å². The van der Waals surface area contributed by atoms with E-state index in [9.17, 15) is 9.90 Å². The van der Waals surface area contributed by atoms with Crippen LogP contribution in [-0.4, -0.2) is 16.9 Å². The van der Waals surface area contributed by atoms with Crippen molar-refractivity contribution in [2.45, 2.75) is 0 Å². The Morgan fingerprint density at radius 2 is 1.62 bits per heavy atom. The predicted octanol–water partition coefficient (Wildman–Crippen LogP) is 5.05. The Bertz CT molecular complexity index is 928. The van der Waals surface area contributed by atoms with Crippen molar-refractivity contribution >= 4 is 29.1 Å². The van der Waals surface area contributed by atoms with Gasteiger partial charge >= 0.3 is 6.09 Å². The fourth-order valence-corrected chi connectivity index (χ4v) is 2.47. The van der Waals surface area contributed by atoms with Crippen LogP contribution in [0.2, 0.25) is 5.02 Å². The number of rotatable bonds is 4. The highest BCUT2D eigenvalue weighted by atomic mass is 35.5. The maximum absolute atomic E-state index is 12.0. The van der Waals surface area contributed by atoms with Gasteiger partial charge in [0, 0.05) is 21.8 Å². The maximum atomic E-state index is 12.0. The van der Waals surface area contributed by atoms with Crippen molar-refractivity contribution in [2.75, 3.05) is 5.32 Å². The third-order valence-corrected chi connectivity index (χ3v) is 3.74. The molecule has 0 spiro atoms. The lowest BCUT2D eigenvalue weighted by atomic mass is 10.0. The molecule has 26 heavy (non-hydrogen) atoms. The number of phenolic OH excluding ortho intramolecular Hbond substituents is 1. The Morgan fingerprint density at radius 1 is 0.962 bits per heavy atom. The van der Waals surface area contributed by atoms with Crippen molar-refractivity contribution in [3.63, 3.8) is 0 Å². The Hall–Kier alpha value is -3.31. The summed E-state index contributed by atoms with van der Waals surface area (Å²) in [5, 5.41) is 17.1. The number of carbonyl (C=O) groups is 1. The molecule has 5 nitrogen and oxygen atoms in total. The summed E-state index contributed by atoms with van der Waals surface area (Å²) < 4.78 is 0. The smallest absolute Gasteiger partial charge is 0.437 e. The number of hydrogen-bond acceptors (Lipinski definition) is 4. The number of halogens is 1. The van der Waals surface area contributed by atoms with Crippen molar-refractivity contribution in [3.05, 3.63) is 95.0 Å². The maximum Gasteiger partial charge on any atom is 0.437 e. The quantitative estimate of drug-likeness (QED) is 0.385. The minimum absolute atomic E-state index is 0.0240. The van der Waals surface area contributed by atoms with E-state index in [0.717, 1.165) is 0 Å². The van der Waals surface area contributed by atoms with Crippen LogP contribution >= 0.6 is 11.6 Å². The van der Waals surface area contributed by atoms with Crippen LogP contribution in [0.4, 0.5) is 10.5 Å². The Morgan fingerprint density at radius 3 is 2.31 bits per heavy atom. The van der Waals surface area contributed by atoms with Gasteiger partial charge in [0.1, 0.15) is 11.5 Å². The molecular formula is C20H15ClN2O3. The second-order valence-electron chi connectivity index (χ2n) is 5.34. The molecule has 3 aromatic carbocycles. The molecule has 0 aliphatic carbocycles. The molecule has 130 valence electrons. The highest BCUT2D eigenvalue weighted by Crippen LogP contribution is 2.25. The van der Waals surface area contributed by atoms with E-state index < -0.39 is 6.09 Å². The van der Waals surface area contributed by atoms with Gasteiger partial charge in [-0.15, -0.1) is 0 Å². The van der Waals surface area contributed by atoms with Crippen LogP contribution in [0.15, 0.2) is 84.0 Å². The standard InChI is InChI=1S/C20H15ClN2O3/c21-15-11-12-18(24)17(13-15)19(14-7-3-1-4-8-14)23-26-20(25)22-16-9-5-2-6-10-16/h1-13,24H,(H,22,25)/b23-19+. The first-order valence-electron chi connectivity index (χ1n) is 7.79. The van der Waals surface area contributed by atoms with Crippen LogP contribution < -0.4 is 5.32 Å². The summed E-state index contributed by atoms with van der Waals surface area (Å²) in [4.78, 5) is 17.0. The SMILES string of the molecule is O=C(Nc1ccccc1)O/N=C(\c1ccccc1)c1cc(Cl)ccc1O. The zero-order chi connectivity index (χ0) is 18.4. The summed E-state index contributed by atoms with van der Waals surface area (Å²) in [5.74, 6) is -0.0240. The van der Waals surface area contributed by atoms with E-state index in [0.29, 0.717) is 21.8 Å². The molecule has 2 N–H and O–H groups in total. The monoisotopic (exact) mass is 366 g/mol. The van der Waals surface area contributed by atoms with Gasteiger partial charge in [0.25, 0.3) is 0 Å². The largest absolute Gasteiger partial charge is 0.507 e. The lowest BCUT2D eigenvalue weighted by Gasteiger charge is -2.09. The van der Waals surface area contributed by atoms with Gasteiger partial charge in [0.2, 0.25) is 0 Å². The van der Waals surface area contributed by atoms with Gasteiger partial charge in [0.15, 0.2) is 0 Å². The first-order valence-corrected chi connectivity index (χ1v) is 8.16. The van der Waals surface area contributed by atoms with E-state index in [1.807, 2.05) is 24.3 Å². The average molecular weight is 367 g/mol. The van der Waals surface area contributed by atoms with Crippen molar-refractivity contribution in [1.29, 1.82) is 0 Å². The number of para-hydroxylation sites is 1. The van der Waals surface area contributed by atoms with Crippen LogP contribution in [0.25, 0.3) is 0 Å². The van der Waals surface area contributed by atoms with Crippen LogP contribution in [0.1, 0.15) is 11.1 Å². The molecule has 3 rings (SSSR count). The van der Waals surface area contributed by atoms with Crippen LogP contribution in [0.5, 0.6) is 5.75 Å². The summed E-state index contributed by atoms with van der Waals surface area (Å²) in [6.07, 6.45) is -0.744. The van der Waals surface area contributed by atoms with E-state index in [-0.39, 0.29) is 11.5 Å². The number of aromatic hydroxyl groups is 1. The number of oxime groups is 1. The van der Waals surface area contributed by atoms with Gasteiger partial charge in [-0.25, -0.2) is 4.79 Å². The van der Waals surface area contributed by atoms with Gasteiger partial charge in [-0.3, -0.25) is 10.2 Å². The van der Waals surface area contributed by atoms with Crippen molar-refractivity contribution < 1.29 is 14.7 Å². The Labute approximate surface area is 155 Å². The van der Waals surface area contributed by atoms with E-state index in [1.165, 1.54) is 6.07 Å². The van der Waals surface area contributed by atoms with Gasteiger partial charge < -0.3 is 5.11 Å². The van der Waals surface area contributed by atoms with Crippen molar-refractivity contribution in [3.8, 4) is 5.75 Å². The molecule has 0 saturated heterocycles. The fourth-order valence-electron chi connectivity index (χ4n) is 2.30. The first kappa shape index (κ1) is 17.5. The molecule has 0 unspecified atom stereocenters. The number of phenols is 1. The van der Waals surface area contributed by atoms with Crippen LogP contribution in [0, 0.1) is 0 Å². The van der Waals surface area contributed by atoms with Gasteiger partial charge in [-0.05, 0) is 30.3 Å². The lowest BCUT2D eigenvalue weighted by molar-refractivity contribution is 0.166. The third kappa shape index (κ3) is 4.40. The minimum Gasteiger partial charge on any atom is -0.507 e. The molecule has 0 fully saturated rings. The van der Waals surface area contributed by atoms with Crippen molar-refractivity contribution in [1.82, 2.24) is 0 Å². The summed E-state index contributed by atoms with van der Waals surface area (Å²) in [7, 11) is 0. The van der Waals surface area contributed by atoms with E-state index >= 15 is 0 Å². The molecule has 0 aliphatic heterocycles. The number of nitrogens with one attached hydrogen (secondary N) is 1. The molecule has 0 aliphatic rings. The summed E-state index contributed by atoms with van der Waals surface area (Å²) in [5.41, 5.74) is 1.89. The van der Waals surface area contributed by atoms with Gasteiger partial charge in [0.05, 0.1) is 0 Å². The number of nitrogens with zero attached hydrogens (tertiary/aromatic N) is 1. The Balaban J connectivity index is 1.89. The van der Waals surface area contributed by atoms with Gasteiger partial charge in [-0.2, -0.15) is 0 Å². The molecule has 0 heterocycles. The fraction of sp³-hybridized carbons (Fsp3) is 0. The number of amides is 1. The van der Waals surface area contributed by atoms with Gasteiger partial charge in [-0.1, -0.05) is 65.3 Å². The first-order chi connectivity index (χ1) is 12.6. The highest BCUT2D eigenvalue weighted by Gasteiger charge is 2.14. The molecule has 3 aromatic rings. The number of carbonyl (C=O) groups excluding carboxylic acids is 1. The number of hydrogen-bond donors (Lipinski definition) is 2. The molecule has 1 amide bonds. The number of anilines is 1. The predicted molar refractivity (Wildman–Crippen MR) is 102 cm³/mol. The van der Waals surface area contributed by atoms with E-state index in [2.05, 4.69) is 10.5 Å². The average Bonchev–Trinajstić information content (AvgIpc) is 2.66. The molecule has 0 saturated carbocycles. The molecular weight excluding hydrogens is 352 g/mol. The molecule has 0 aromatic heterocycles. The number of benzene rings is 3. The zero-order valence-electron chi connectivity index (χ0n) is 13.6. The minimum atomic E-state index is -0.744. The Kier molecular flexibility index (Phi) is 5.51. The summed E-state index contributed by atoms with van der Waals surface area (Å²) >= 11 is 6.03. The normalized spacial score (nSPS) is 11.0. The topological polar surface area (TPSA) is 70.9 Å². The molecule has 6 heteroatoms. The second kappa shape index (κ2) is 8.18. The van der Waals surface area contributed by atoms with Crippen LogP contribution in [-0.2, 0) is 4.84 Å². The van der Waals surface area contributed by atoms with E-state index in [4.69, 9.17) is 16.4 Å². The lowest BCUT2D eigenvalue weighted by Crippen LogP contribution is -2.13. The zero-order valence-corrected chi connectivity index (χ0v) is 14.4.